The molecule has 0 saturated heterocycles. The molecule has 0 spiro atoms. The highest BCUT2D eigenvalue weighted by atomic mass is 16.5. The van der Waals surface area contributed by atoms with Crippen LogP contribution in [0, 0.1) is 11.3 Å². The Kier molecular flexibility index (Phi) is 5.46. The van der Waals surface area contributed by atoms with Crippen LogP contribution in [0.1, 0.15) is 28.8 Å². The van der Waals surface area contributed by atoms with Crippen molar-refractivity contribution in [3.05, 3.63) is 102 Å². The number of benzene rings is 3. The summed E-state index contributed by atoms with van der Waals surface area (Å²) >= 11 is 0. The Labute approximate surface area is 148 Å². The van der Waals surface area contributed by atoms with E-state index in [9.17, 15) is 5.26 Å². The number of hydrogen-bond donors (Lipinski definition) is 1. The molecular formula is C22H20N2O. The van der Waals surface area contributed by atoms with Gasteiger partial charge in [-0.15, -0.1) is 0 Å². The van der Waals surface area contributed by atoms with Crippen LogP contribution in [-0.4, -0.2) is 7.11 Å². The van der Waals surface area contributed by atoms with E-state index < -0.39 is 6.04 Å². The Morgan fingerprint density at radius 3 is 1.72 bits per heavy atom. The average Bonchev–Trinajstić information content (AvgIpc) is 2.70. The van der Waals surface area contributed by atoms with E-state index >= 15 is 0 Å². The van der Waals surface area contributed by atoms with Crippen molar-refractivity contribution >= 4 is 0 Å². The summed E-state index contributed by atoms with van der Waals surface area (Å²) in [5.74, 6) is 0.781. The van der Waals surface area contributed by atoms with E-state index in [1.807, 2.05) is 60.7 Å². The normalized spacial score (nSPS) is 11.7. The van der Waals surface area contributed by atoms with Gasteiger partial charge in [-0.1, -0.05) is 72.8 Å². The number of rotatable bonds is 6. The maximum absolute atomic E-state index is 9.70. The van der Waals surface area contributed by atoms with Gasteiger partial charge in [0.15, 0.2) is 0 Å². The standard InChI is InChI=1S/C22H20N2O/c1-25-20-14-12-17(13-15-20)21(16-23)24-22(18-8-4-2-5-9-18)19-10-6-3-7-11-19/h2-15,21-22,24H,1H3. The number of hydrogen-bond acceptors (Lipinski definition) is 3. The lowest BCUT2D eigenvalue weighted by Gasteiger charge is -2.23. The first kappa shape index (κ1) is 16.8. The molecule has 1 atom stereocenters. The molecule has 124 valence electrons. The van der Waals surface area contributed by atoms with Crippen LogP contribution in [0.2, 0.25) is 0 Å². The molecule has 1 N–H and O–H groups in total. The monoisotopic (exact) mass is 328 g/mol. The number of ether oxygens (including phenoxy) is 1. The van der Waals surface area contributed by atoms with Gasteiger partial charge in [-0.05, 0) is 28.8 Å². The Balaban J connectivity index is 1.92. The van der Waals surface area contributed by atoms with Crippen LogP contribution in [0.15, 0.2) is 84.9 Å². The minimum absolute atomic E-state index is 0.0610. The zero-order valence-corrected chi connectivity index (χ0v) is 14.1. The van der Waals surface area contributed by atoms with Crippen molar-refractivity contribution in [3.63, 3.8) is 0 Å². The van der Waals surface area contributed by atoms with Crippen LogP contribution in [0.25, 0.3) is 0 Å². The maximum atomic E-state index is 9.70. The second-order valence-electron chi connectivity index (χ2n) is 5.76. The first-order valence-corrected chi connectivity index (χ1v) is 8.21. The third kappa shape index (κ3) is 4.06. The summed E-state index contributed by atoms with van der Waals surface area (Å²) in [7, 11) is 1.63. The van der Waals surface area contributed by atoms with Gasteiger partial charge in [0.1, 0.15) is 11.8 Å². The fraction of sp³-hybridized carbons (Fsp3) is 0.136. The molecule has 0 aliphatic rings. The second-order valence-corrected chi connectivity index (χ2v) is 5.76. The molecule has 0 radical (unpaired) electrons. The summed E-state index contributed by atoms with van der Waals surface area (Å²) in [4.78, 5) is 0. The minimum Gasteiger partial charge on any atom is -0.497 e. The molecule has 3 aromatic rings. The molecule has 3 nitrogen and oxygen atoms in total. The Morgan fingerprint density at radius 2 is 1.28 bits per heavy atom. The summed E-state index contributed by atoms with van der Waals surface area (Å²) in [6, 6.07) is 29.9. The van der Waals surface area contributed by atoms with Gasteiger partial charge in [-0.25, -0.2) is 0 Å². The molecule has 1 unspecified atom stereocenters. The van der Waals surface area contributed by atoms with Gasteiger partial charge in [0, 0.05) is 0 Å². The molecule has 0 heterocycles. The topological polar surface area (TPSA) is 45.0 Å². The number of methoxy groups -OCH3 is 1. The average molecular weight is 328 g/mol. The molecule has 0 amide bonds. The lowest BCUT2D eigenvalue weighted by Crippen LogP contribution is -2.26. The Morgan fingerprint density at radius 1 is 0.760 bits per heavy atom. The maximum Gasteiger partial charge on any atom is 0.122 e. The van der Waals surface area contributed by atoms with Crippen molar-refractivity contribution in [2.24, 2.45) is 0 Å². The molecule has 3 heteroatoms. The van der Waals surface area contributed by atoms with Gasteiger partial charge >= 0.3 is 0 Å². The van der Waals surface area contributed by atoms with Gasteiger partial charge in [-0.2, -0.15) is 5.26 Å². The summed E-state index contributed by atoms with van der Waals surface area (Å²) in [5, 5.41) is 13.2. The van der Waals surface area contributed by atoms with Crippen molar-refractivity contribution in [3.8, 4) is 11.8 Å². The highest BCUT2D eigenvalue weighted by molar-refractivity contribution is 5.35. The molecule has 0 aliphatic carbocycles. The highest BCUT2D eigenvalue weighted by Gasteiger charge is 2.19. The largest absolute Gasteiger partial charge is 0.497 e. The zero-order chi connectivity index (χ0) is 17.5. The lowest BCUT2D eigenvalue weighted by molar-refractivity contribution is 0.414. The SMILES string of the molecule is COc1ccc(C(C#N)NC(c2ccccc2)c2ccccc2)cc1. The third-order valence-corrected chi connectivity index (χ3v) is 4.18. The van der Waals surface area contributed by atoms with Crippen molar-refractivity contribution in [1.29, 1.82) is 5.26 Å². The van der Waals surface area contributed by atoms with Crippen LogP contribution < -0.4 is 10.1 Å². The van der Waals surface area contributed by atoms with Gasteiger partial charge in [-0.3, -0.25) is 5.32 Å². The van der Waals surface area contributed by atoms with Crippen molar-refractivity contribution in [2.45, 2.75) is 12.1 Å². The second kappa shape index (κ2) is 8.14. The van der Waals surface area contributed by atoms with Crippen LogP contribution in [0.4, 0.5) is 0 Å². The number of nitrogens with one attached hydrogen (secondary N) is 1. The van der Waals surface area contributed by atoms with E-state index in [1.165, 1.54) is 0 Å². The fourth-order valence-corrected chi connectivity index (χ4v) is 2.85. The molecule has 0 aromatic heterocycles. The number of nitrogens with zero attached hydrogens (tertiary/aromatic N) is 1. The van der Waals surface area contributed by atoms with E-state index in [-0.39, 0.29) is 6.04 Å². The highest BCUT2D eigenvalue weighted by Crippen LogP contribution is 2.26. The van der Waals surface area contributed by atoms with Gasteiger partial charge in [0.05, 0.1) is 19.2 Å². The van der Waals surface area contributed by atoms with Crippen LogP contribution in [-0.2, 0) is 0 Å². The minimum atomic E-state index is -0.420. The fourth-order valence-electron chi connectivity index (χ4n) is 2.85. The number of nitriles is 1. The molecule has 0 saturated carbocycles. The molecule has 0 bridgehead atoms. The van der Waals surface area contributed by atoms with Crippen LogP contribution in [0.3, 0.4) is 0 Å². The Bertz CT molecular complexity index is 784. The molecule has 25 heavy (non-hydrogen) atoms. The molecule has 3 rings (SSSR count). The summed E-state index contributed by atoms with van der Waals surface area (Å²) < 4.78 is 5.20. The van der Waals surface area contributed by atoms with Gasteiger partial charge in [0.25, 0.3) is 0 Å². The van der Waals surface area contributed by atoms with E-state index in [2.05, 4.69) is 35.7 Å². The van der Waals surface area contributed by atoms with Crippen LogP contribution >= 0.6 is 0 Å². The zero-order valence-electron chi connectivity index (χ0n) is 14.1. The third-order valence-electron chi connectivity index (χ3n) is 4.18. The molecule has 3 aromatic carbocycles. The smallest absolute Gasteiger partial charge is 0.122 e. The predicted octanol–water partition coefficient (Wildman–Crippen LogP) is 4.64. The van der Waals surface area contributed by atoms with E-state index in [0.717, 1.165) is 22.4 Å². The summed E-state index contributed by atoms with van der Waals surface area (Å²) in [6.07, 6.45) is 0. The van der Waals surface area contributed by atoms with E-state index in [1.54, 1.807) is 7.11 Å². The Hall–Kier alpha value is -3.09. The quantitative estimate of drug-likeness (QED) is 0.717. The van der Waals surface area contributed by atoms with Crippen LogP contribution in [0.5, 0.6) is 5.75 Å². The first-order valence-electron chi connectivity index (χ1n) is 8.21. The van der Waals surface area contributed by atoms with Crippen molar-refractivity contribution < 1.29 is 4.74 Å². The van der Waals surface area contributed by atoms with Crippen molar-refractivity contribution in [2.75, 3.05) is 7.11 Å². The van der Waals surface area contributed by atoms with E-state index in [4.69, 9.17) is 4.74 Å². The van der Waals surface area contributed by atoms with Gasteiger partial charge < -0.3 is 4.74 Å². The lowest BCUT2D eigenvalue weighted by atomic mass is 9.96. The summed E-state index contributed by atoms with van der Waals surface area (Å²) in [6.45, 7) is 0. The molecular weight excluding hydrogens is 308 g/mol. The van der Waals surface area contributed by atoms with Crippen molar-refractivity contribution in [1.82, 2.24) is 5.32 Å². The van der Waals surface area contributed by atoms with Gasteiger partial charge in [0.2, 0.25) is 0 Å². The predicted molar refractivity (Wildman–Crippen MR) is 99.2 cm³/mol. The molecule has 0 fully saturated rings. The molecule has 0 aliphatic heterocycles. The van der Waals surface area contributed by atoms with E-state index in [0.29, 0.717) is 0 Å². The first-order chi connectivity index (χ1) is 12.3. The summed E-state index contributed by atoms with van der Waals surface area (Å²) in [5.41, 5.74) is 3.17.